The molecule has 0 heterocycles. The van der Waals surface area contributed by atoms with E-state index < -0.39 is 0 Å². The first-order chi connectivity index (χ1) is 3.70. The van der Waals surface area contributed by atoms with Crippen LogP contribution in [0.4, 0.5) is 0 Å². The third-order valence-electron chi connectivity index (χ3n) is 1.48. The molecule has 0 aliphatic heterocycles. The van der Waals surface area contributed by atoms with Crippen LogP contribution in [0.3, 0.4) is 0 Å². The van der Waals surface area contributed by atoms with E-state index >= 15 is 0 Å². The fraction of sp³-hybridized carbons (Fsp3) is 0.429. The summed E-state index contributed by atoms with van der Waals surface area (Å²) in [5.41, 5.74) is 2.73. The number of halogens is 1. The SMILES string of the molecule is CC1=C(C)CC(Cl)=C1. The fourth-order valence-corrected chi connectivity index (χ4v) is 1.17. The van der Waals surface area contributed by atoms with Gasteiger partial charge >= 0.3 is 0 Å². The van der Waals surface area contributed by atoms with E-state index in [4.69, 9.17) is 11.6 Å². The molecule has 0 amide bonds. The molecule has 0 atom stereocenters. The van der Waals surface area contributed by atoms with Gasteiger partial charge in [0, 0.05) is 11.5 Å². The minimum Gasteiger partial charge on any atom is -0.0888 e. The lowest BCUT2D eigenvalue weighted by Gasteiger charge is -1.88. The minimum atomic E-state index is 0.966. The van der Waals surface area contributed by atoms with E-state index in [1.165, 1.54) is 11.1 Å². The zero-order chi connectivity index (χ0) is 6.15. The third kappa shape index (κ3) is 0.948. The van der Waals surface area contributed by atoms with Crippen LogP contribution in [0.1, 0.15) is 20.3 Å². The smallest absolute Gasteiger partial charge is 0.0224 e. The quantitative estimate of drug-likeness (QED) is 0.471. The molecule has 0 unspecified atom stereocenters. The van der Waals surface area contributed by atoms with Gasteiger partial charge in [-0.3, -0.25) is 0 Å². The molecule has 0 spiro atoms. The molecule has 0 bridgehead atoms. The maximum Gasteiger partial charge on any atom is 0.0224 e. The Hall–Kier alpha value is -0.230. The molecule has 1 aliphatic carbocycles. The van der Waals surface area contributed by atoms with Crippen molar-refractivity contribution in [3.63, 3.8) is 0 Å². The molecule has 1 heteroatoms. The second-order valence-corrected chi connectivity index (χ2v) is 2.72. The van der Waals surface area contributed by atoms with Gasteiger partial charge < -0.3 is 0 Å². The van der Waals surface area contributed by atoms with Crippen molar-refractivity contribution in [1.82, 2.24) is 0 Å². The van der Waals surface area contributed by atoms with Gasteiger partial charge in [0.1, 0.15) is 0 Å². The predicted octanol–water partition coefficient (Wildman–Crippen LogP) is 2.85. The van der Waals surface area contributed by atoms with Crippen LogP contribution in [0.5, 0.6) is 0 Å². The van der Waals surface area contributed by atoms with Gasteiger partial charge in [0.25, 0.3) is 0 Å². The van der Waals surface area contributed by atoms with Crippen LogP contribution >= 0.6 is 11.6 Å². The molecule has 8 heavy (non-hydrogen) atoms. The van der Waals surface area contributed by atoms with E-state index in [-0.39, 0.29) is 0 Å². The van der Waals surface area contributed by atoms with E-state index in [2.05, 4.69) is 13.8 Å². The van der Waals surface area contributed by atoms with Crippen LogP contribution in [0.25, 0.3) is 0 Å². The Morgan fingerprint density at radius 1 is 1.50 bits per heavy atom. The Bertz CT molecular complexity index is 163. The molecule has 0 saturated heterocycles. The van der Waals surface area contributed by atoms with Gasteiger partial charge in [0.15, 0.2) is 0 Å². The molecule has 0 N–H and O–H groups in total. The van der Waals surface area contributed by atoms with E-state index in [1.54, 1.807) is 0 Å². The molecule has 1 rings (SSSR count). The standard InChI is InChI=1S/C7H9Cl/c1-5-3-7(8)4-6(5)2/h3H,4H2,1-2H3. The summed E-state index contributed by atoms with van der Waals surface area (Å²) in [4.78, 5) is 0. The summed E-state index contributed by atoms with van der Waals surface area (Å²) in [7, 11) is 0. The normalized spacial score (nSPS) is 19.6. The molecule has 0 aromatic carbocycles. The molecular weight excluding hydrogens is 120 g/mol. The lowest BCUT2D eigenvalue weighted by Crippen LogP contribution is -1.69. The summed E-state index contributed by atoms with van der Waals surface area (Å²) >= 11 is 5.72. The van der Waals surface area contributed by atoms with Crippen LogP contribution in [0.15, 0.2) is 22.3 Å². The summed E-state index contributed by atoms with van der Waals surface area (Å²) in [6.45, 7) is 4.20. The Morgan fingerprint density at radius 2 is 2.12 bits per heavy atom. The van der Waals surface area contributed by atoms with Gasteiger partial charge in [-0.1, -0.05) is 22.7 Å². The first-order valence-corrected chi connectivity index (χ1v) is 3.10. The van der Waals surface area contributed by atoms with Gasteiger partial charge in [-0.25, -0.2) is 0 Å². The third-order valence-corrected chi connectivity index (χ3v) is 1.72. The van der Waals surface area contributed by atoms with Gasteiger partial charge in [-0.05, 0) is 19.9 Å². The van der Waals surface area contributed by atoms with Crippen LogP contribution < -0.4 is 0 Å². The lowest BCUT2D eigenvalue weighted by atomic mass is 10.2. The maximum absolute atomic E-state index is 5.72. The first-order valence-electron chi connectivity index (χ1n) is 2.72. The number of rotatable bonds is 0. The van der Waals surface area contributed by atoms with Crippen LogP contribution in [0.2, 0.25) is 0 Å². The van der Waals surface area contributed by atoms with Crippen molar-refractivity contribution in [2.24, 2.45) is 0 Å². The molecule has 0 radical (unpaired) electrons. The first kappa shape index (κ1) is 5.90. The molecule has 0 fully saturated rings. The zero-order valence-electron chi connectivity index (χ0n) is 5.16. The Kier molecular flexibility index (Phi) is 1.43. The Balaban J connectivity index is 2.79. The highest BCUT2D eigenvalue weighted by atomic mass is 35.5. The second-order valence-electron chi connectivity index (χ2n) is 2.23. The summed E-state index contributed by atoms with van der Waals surface area (Å²) in [6.07, 6.45) is 2.99. The highest BCUT2D eigenvalue weighted by Gasteiger charge is 2.04. The lowest BCUT2D eigenvalue weighted by molar-refractivity contribution is 1.20. The topological polar surface area (TPSA) is 0 Å². The van der Waals surface area contributed by atoms with Crippen molar-refractivity contribution in [2.45, 2.75) is 20.3 Å². The van der Waals surface area contributed by atoms with Crippen molar-refractivity contribution in [3.8, 4) is 0 Å². The highest BCUT2D eigenvalue weighted by molar-refractivity contribution is 6.30. The predicted molar refractivity (Wildman–Crippen MR) is 36.9 cm³/mol. The summed E-state index contributed by atoms with van der Waals surface area (Å²) in [5.74, 6) is 0. The Morgan fingerprint density at radius 3 is 2.25 bits per heavy atom. The van der Waals surface area contributed by atoms with Crippen LogP contribution in [0, 0.1) is 0 Å². The largest absolute Gasteiger partial charge is 0.0888 e. The molecule has 0 saturated carbocycles. The van der Waals surface area contributed by atoms with Crippen LogP contribution in [-0.4, -0.2) is 0 Å². The number of hydrogen-bond donors (Lipinski definition) is 0. The maximum atomic E-state index is 5.72. The van der Waals surface area contributed by atoms with Crippen molar-refractivity contribution in [1.29, 1.82) is 0 Å². The van der Waals surface area contributed by atoms with Crippen molar-refractivity contribution < 1.29 is 0 Å². The molecule has 44 valence electrons. The molecule has 0 nitrogen and oxygen atoms in total. The molecule has 1 aliphatic rings. The van der Waals surface area contributed by atoms with Gasteiger partial charge in [0.05, 0.1) is 0 Å². The summed E-state index contributed by atoms with van der Waals surface area (Å²) in [6, 6.07) is 0. The van der Waals surface area contributed by atoms with Crippen LogP contribution in [-0.2, 0) is 0 Å². The number of allylic oxidation sites excluding steroid dienone is 4. The molecule has 0 aromatic rings. The monoisotopic (exact) mass is 128 g/mol. The van der Waals surface area contributed by atoms with Gasteiger partial charge in [-0.2, -0.15) is 0 Å². The van der Waals surface area contributed by atoms with E-state index in [9.17, 15) is 0 Å². The fourth-order valence-electron chi connectivity index (χ4n) is 0.802. The average molecular weight is 129 g/mol. The summed E-state index contributed by atoms with van der Waals surface area (Å²) in [5, 5.41) is 0.972. The molecular formula is C7H9Cl. The van der Waals surface area contributed by atoms with Gasteiger partial charge in [0.2, 0.25) is 0 Å². The van der Waals surface area contributed by atoms with E-state index in [1.807, 2.05) is 6.08 Å². The van der Waals surface area contributed by atoms with E-state index in [0.29, 0.717) is 0 Å². The number of hydrogen-bond acceptors (Lipinski definition) is 0. The van der Waals surface area contributed by atoms with Gasteiger partial charge in [-0.15, -0.1) is 0 Å². The van der Waals surface area contributed by atoms with Crippen molar-refractivity contribution >= 4 is 11.6 Å². The summed E-state index contributed by atoms with van der Waals surface area (Å²) < 4.78 is 0. The van der Waals surface area contributed by atoms with Crippen molar-refractivity contribution in [3.05, 3.63) is 22.3 Å². The minimum absolute atomic E-state index is 0.966. The van der Waals surface area contributed by atoms with E-state index in [0.717, 1.165) is 11.5 Å². The zero-order valence-corrected chi connectivity index (χ0v) is 5.92. The highest BCUT2D eigenvalue weighted by Crippen LogP contribution is 2.26. The Labute approximate surface area is 54.8 Å². The van der Waals surface area contributed by atoms with Crippen molar-refractivity contribution in [2.75, 3.05) is 0 Å². The molecule has 0 aromatic heterocycles. The average Bonchev–Trinajstić information content (AvgIpc) is 1.85. The second kappa shape index (κ2) is 1.94.